The van der Waals surface area contributed by atoms with E-state index in [9.17, 15) is 14.4 Å². The third-order valence-corrected chi connectivity index (χ3v) is 4.12. The topological polar surface area (TPSA) is 90.5 Å². The number of hydrogen-bond acceptors (Lipinski definition) is 4. The number of anilines is 1. The van der Waals surface area contributed by atoms with Crippen LogP contribution in [0.15, 0.2) is 24.3 Å². The number of benzene rings is 1. The van der Waals surface area contributed by atoms with Gasteiger partial charge in [0, 0.05) is 24.8 Å². The fraction of sp³-hybridized carbons (Fsp3) is 0.526. The van der Waals surface area contributed by atoms with Crippen LogP contribution in [0.5, 0.6) is 0 Å². The summed E-state index contributed by atoms with van der Waals surface area (Å²) in [7, 11) is 0. The van der Waals surface area contributed by atoms with Gasteiger partial charge < -0.3 is 20.9 Å². The van der Waals surface area contributed by atoms with Gasteiger partial charge in [-0.2, -0.15) is 0 Å². The molecular weight excluding hydrogens is 332 g/mol. The lowest BCUT2D eigenvalue weighted by molar-refractivity contribution is -0.131. The predicted octanol–water partition coefficient (Wildman–Crippen LogP) is 0.904. The fourth-order valence-electron chi connectivity index (χ4n) is 2.80. The molecular formula is C19H28N4O3. The quantitative estimate of drug-likeness (QED) is 0.643. The molecule has 3 amide bonds. The molecule has 1 fully saturated rings. The van der Waals surface area contributed by atoms with Crippen molar-refractivity contribution in [2.45, 2.75) is 39.2 Å². The first kappa shape index (κ1) is 19.8. The summed E-state index contributed by atoms with van der Waals surface area (Å²) in [5.41, 5.74) is 1.70. The SMILES string of the molecule is CC(C)NC(=O)Cc1ccc(NCC(=O)NCC(=O)N2CCCC2)cc1. The van der Waals surface area contributed by atoms with Crippen LogP contribution < -0.4 is 16.0 Å². The minimum absolute atomic E-state index is 0.0113. The zero-order chi connectivity index (χ0) is 18.9. The summed E-state index contributed by atoms with van der Waals surface area (Å²) in [5, 5.41) is 8.50. The van der Waals surface area contributed by atoms with Crippen molar-refractivity contribution in [1.82, 2.24) is 15.5 Å². The van der Waals surface area contributed by atoms with Crippen molar-refractivity contribution in [3.63, 3.8) is 0 Å². The Morgan fingerprint density at radius 2 is 1.65 bits per heavy atom. The van der Waals surface area contributed by atoms with Gasteiger partial charge in [0.1, 0.15) is 0 Å². The summed E-state index contributed by atoms with van der Waals surface area (Å²) in [6.45, 7) is 5.57. The average Bonchev–Trinajstić information content (AvgIpc) is 3.13. The Kier molecular flexibility index (Phi) is 7.44. The van der Waals surface area contributed by atoms with Gasteiger partial charge in [-0.25, -0.2) is 0 Å². The monoisotopic (exact) mass is 360 g/mol. The van der Waals surface area contributed by atoms with Crippen LogP contribution in [0, 0.1) is 0 Å². The molecule has 1 aliphatic rings. The second-order valence-electron chi connectivity index (χ2n) is 6.81. The standard InChI is InChI=1S/C19H28N4O3/c1-14(2)22-17(24)11-15-5-7-16(8-6-15)20-12-18(25)21-13-19(26)23-9-3-4-10-23/h5-8,14,20H,3-4,9-13H2,1-2H3,(H,21,25)(H,22,24). The van der Waals surface area contributed by atoms with E-state index in [4.69, 9.17) is 0 Å². The van der Waals surface area contributed by atoms with Gasteiger partial charge in [-0.05, 0) is 44.4 Å². The second kappa shape index (κ2) is 9.79. The van der Waals surface area contributed by atoms with E-state index in [1.807, 2.05) is 38.1 Å². The van der Waals surface area contributed by atoms with Gasteiger partial charge in [-0.3, -0.25) is 14.4 Å². The summed E-state index contributed by atoms with van der Waals surface area (Å²) in [5.74, 6) is -0.263. The molecule has 1 aromatic carbocycles. The van der Waals surface area contributed by atoms with Crippen LogP contribution in [-0.2, 0) is 20.8 Å². The minimum atomic E-state index is -0.224. The lowest BCUT2D eigenvalue weighted by atomic mass is 10.1. The maximum absolute atomic E-state index is 11.9. The Hall–Kier alpha value is -2.57. The smallest absolute Gasteiger partial charge is 0.241 e. The highest BCUT2D eigenvalue weighted by atomic mass is 16.2. The molecule has 0 aromatic heterocycles. The van der Waals surface area contributed by atoms with Crippen LogP contribution in [0.1, 0.15) is 32.3 Å². The third kappa shape index (κ3) is 6.74. The number of rotatable bonds is 8. The predicted molar refractivity (Wildman–Crippen MR) is 101 cm³/mol. The lowest BCUT2D eigenvalue weighted by Gasteiger charge is -2.15. The molecule has 1 aliphatic heterocycles. The molecule has 7 nitrogen and oxygen atoms in total. The van der Waals surface area contributed by atoms with E-state index >= 15 is 0 Å². The first-order valence-corrected chi connectivity index (χ1v) is 9.10. The molecule has 0 spiro atoms. The molecule has 0 bridgehead atoms. The van der Waals surface area contributed by atoms with E-state index in [0.29, 0.717) is 6.42 Å². The normalized spacial score (nSPS) is 13.6. The van der Waals surface area contributed by atoms with Gasteiger partial charge in [-0.15, -0.1) is 0 Å². The molecule has 0 aliphatic carbocycles. The van der Waals surface area contributed by atoms with Crippen molar-refractivity contribution in [3.8, 4) is 0 Å². The molecule has 7 heteroatoms. The second-order valence-corrected chi connectivity index (χ2v) is 6.81. The number of carbonyl (C=O) groups is 3. The Morgan fingerprint density at radius 3 is 2.27 bits per heavy atom. The summed E-state index contributed by atoms with van der Waals surface area (Å²) in [6, 6.07) is 7.51. The van der Waals surface area contributed by atoms with Crippen molar-refractivity contribution in [2.24, 2.45) is 0 Å². The van der Waals surface area contributed by atoms with Gasteiger partial charge in [0.2, 0.25) is 17.7 Å². The largest absolute Gasteiger partial charge is 0.376 e. The van der Waals surface area contributed by atoms with Crippen molar-refractivity contribution >= 4 is 23.4 Å². The summed E-state index contributed by atoms with van der Waals surface area (Å²) in [6.07, 6.45) is 2.41. The van der Waals surface area contributed by atoms with Crippen LogP contribution in [0.25, 0.3) is 0 Å². The molecule has 0 saturated carbocycles. The summed E-state index contributed by atoms with van der Waals surface area (Å²) in [4.78, 5) is 37.2. The zero-order valence-electron chi connectivity index (χ0n) is 15.5. The Labute approximate surface area is 154 Å². The highest BCUT2D eigenvalue weighted by Gasteiger charge is 2.17. The number of nitrogens with zero attached hydrogens (tertiary/aromatic N) is 1. The van der Waals surface area contributed by atoms with E-state index in [1.165, 1.54) is 0 Å². The Morgan fingerprint density at radius 1 is 1.00 bits per heavy atom. The zero-order valence-corrected chi connectivity index (χ0v) is 15.5. The van der Waals surface area contributed by atoms with Gasteiger partial charge >= 0.3 is 0 Å². The van der Waals surface area contributed by atoms with Gasteiger partial charge in [0.05, 0.1) is 19.5 Å². The molecule has 1 saturated heterocycles. The minimum Gasteiger partial charge on any atom is -0.376 e. The molecule has 0 unspecified atom stereocenters. The van der Waals surface area contributed by atoms with E-state index in [2.05, 4.69) is 16.0 Å². The van der Waals surface area contributed by atoms with Crippen molar-refractivity contribution in [2.75, 3.05) is 31.5 Å². The highest BCUT2D eigenvalue weighted by molar-refractivity contribution is 5.87. The van der Waals surface area contributed by atoms with Crippen LogP contribution >= 0.6 is 0 Å². The average molecular weight is 360 g/mol. The Bertz CT molecular complexity index is 622. The van der Waals surface area contributed by atoms with Gasteiger partial charge in [0.15, 0.2) is 0 Å². The van der Waals surface area contributed by atoms with Gasteiger partial charge in [-0.1, -0.05) is 12.1 Å². The first-order valence-electron chi connectivity index (χ1n) is 9.10. The highest BCUT2D eigenvalue weighted by Crippen LogP contribution is 2.10. The molecule has 142 valence electrons. The van der Waals surface area contributed by atoms with Crippen LogP contribution in [0.2, 0.25) is 0 Å². The van der Waals surface area contributed by atoms with E-state index in [0.717, 1.165) is 37.2 Å². The van der Waals surface area contributed by atoms with Crippen molar-refractivity contribution in [3.05, 3.63) is 29.8 Å². The molecule has 1 heterocycles. The molecule has 1 aromatic rings. The summed E-state index contributed by atoms with van der Waals surface area (Å²) >= 11 is 0. The molecule has 0 radical (unpaired) electrons. The maximum Gasteiger partial charge on any atom is 0.241 e. The maximum atomic E-state index is 11.9. The Balaban J connectivity index is 1.69. The first-order chi connectivity index (χ1) is 12.4. The molecule has 2 rings (SSSR count). The molecule has 3 N–H and O–H groups in total. The fourth-order valence-corrected chi connectivity index (χ4v) is 2.80. The molecule has 26 heavy (non-hydrogen) atoms. The van der Waals surface area contributed by atoms with E-state index < -0.39 is 0 Å². The van der Waals surface area contributed by atoms with Crippen molar-refractivity contribution in [1.29, 1.82) is 0 Å². The number of amides is 3. The number of hydrogen-bond donors (Lipinski definition) is 3. The van der Waals surface area contributed by atoms with E-state index in [1.54, 1.807) is 4.90 Å². The number of likely N-dealkylation sites (tertiary alicyclic amines) is 1. The van der Waals surface area contributed by atoms with Gasteiger partial charge in [0.25, 0.3) is 0 Å². The molecule has 0 atom stereocenters. The van der Waals surface area contributed by atoms with Crippen LogP contribution in [-0.4, -0.2) is 54.8 Å². The third-order valence-electron chi connectivity index (χ3n) is 4.12. The number of nitrogens with one attached hydrogen (secondary N) is 3. The van der Waals surface area contributed by atoms with Crippen molar-refractivity contribution < 1.29 is 14.4 Å². The number of carbonyl (C=O) groups excluding carboxylic acids is 3. The van der Waals surface area contributed by atoms with E-state index in [-0.39, 0.29) is 36.9 Å². The lowest BCUT2D eigenvalue weighted by Crippen LogP contribution is -2.40. The van der Waals surface area contributed by atoms with Crippen LogP contribution in [0.3, 0.4) is 0 Å². The summed E-state index contributed by atoms with van der Waals surface area (Å²) < 4.78 is 0. The van der Waals surface area contributed by atoms with Crippen LogP contribution in [0.4, 0.5) is 5.69 Å².